The van der Waals surface area contributed by atoms with Crippen molar-refractivity contribution in [2.45, 2.75) is 6.04 Å². The van der Waals surface area contributed by atoms with E-state index in [1.54, 1.807) is 48.5 Å². The quantitative estimate of drug-likeness (QED) is 0.192. The molecule has 0 bridgehead atoms. The third kappa shape index (κ3) is 3.52. The maximum atomic E-state index is 13.2. The van der Waals surface area contributed by atoms with Gasteiger partial charge in [-0.15, -0.1) is 0 Å². The number of carbonyl (C=O) groups is 2. The molecule has 1 atom stereocenters. The molecule has 0 spiro atoms. The van der Waals surface area contributed by atoms with Crippen molar-refractivity contribution >= 4 is 71.7 Å². The Bertz CT molecular complexity index is 1400. The third-order valence-electron chi connectivity index (χ3n) is 5.22. The molecule has 8 heteroatoms. The minimum absolute atomic E-state index is 0.0176. The van der Waals surface area contributed by atoms with Crippen LogP contribution in [0.25, 0.3) is 16.0 Å². The molecular weight excluding hydrogens is 512 g/mol. The summed E-state index contributed by atoms with van der Waals surface area (Å²) in [6, 6.07) is 20.4. The molecule has 1 saturated heterocycles. The summed E-state index contributed by atoms with van der Waals surface area (Å²) in [5.41, 5.74) is 1.83. The summed E-state index contributed by atoms with van der Waals surface area (Å²) in [5.74, 6) is -1.72. The topological polar surface area (TPSA) is 70.5 Å². The number of Topliss-reactive ketones (excluding diaryl/α,β-unsaturated/α-hetero) is 1. The van der Waals surface area contributed by atoms with Gasteiger partial charge in [-0.05, 0) is 35.9 Å². The zero-order valence-corrected chi connectivity index (χ0v) is 19.5. The molecule has 5 nitrogen and oxygen atoms in total. The van der Waals surface area contributed by atoms with Gasteiger partial charge in [0.2, 0.25) is 0 Å². The summed E-state index contributed by atoms with van der Waals surface area (Å²) in [7, 11) is 0. The van der Waals surface area contributed by atoms with Gasteiger partial charge < -0.3 is 5.11 Å². The third-order valence-corrected chi connectivity index (χ3v) is 6.99. The molecule has 0 radical (unpaired) electrons. The summed E-state index contributed by atoms with van der Waals surface area (Å²) in [6.45, 7) is 0. The van der Waals surface area contributed by atoms with Crippen LogP contribution in [0.5, 0.6) is 0 Å². The molecule has 158 valence electrons. The van der Waals surface area contributed by atoms with Crippen molar-refractivity contribution in [3.63, 3.8) is 0 Å². The Hall–Kier alpha value is -3.00. The molecule has 1 fully saturated rings. The Labute approximate surface area is 200 Å². The summed E-state index contributed by atoms with van der Waals surface area (Å²) in [4.78, 5) is 32.3. The highest BCUT2D eigenvalue weighted by Gasteiger charge is 2.48. The molecule has 1 aromatic heterocycles. The lowest BCUT2D eigenvalue weighted by Gasteiger charge is -2.23. The molecule has 0 saturated carbocycles. The first kappa shape index (κ1) is 20.9. The fourth-order valence-corrected chi connectivity index (χ4v) is 5.40. The van der Waals surface area contributed by atoms with Gasteiger partial charge >= 0.3 is 5.91 Å². The number of aromatic nitrogens is 1. The van der Waals surface area contributed by atoms with Crippen LogP contribution in [0, 0.1) is 0 Å². The lowest BCUT2D eigenvalue weighted by Crippen LogP contribution is -2.29. The van der Waals surface area contributed by atoms with E-state index in [-0.39, 0.29) is 11.3 Å². The van der Waals surface area contributed by atoms with E-state index in [9.17, 15) is 14.7 Å². The SMILES string of the molecule is O=C1C(=O)N(c2nc3ccc(Br)cc3s2)C(c2ccc(Cl)cc2)/C1=C(\O)c1ccccc1. The first-order chi connectivity index (χ1) is 15.4. The average Bonchev–Trinajstić information content (AvgIpc) is 3.32. The van der Waals surface area contributed by atoms with E-state index in [1.807, 2.05) is 24.3 Å². The second-order valence-electron chi connectivity index (χ2n) is 7.20. The van der Waals surface area contributed by atoms with Crippen LogP contribution in [0.2, 0.25) is 5.02 Å². The van der Waals surface area contributed by atoms with Crippen LogP contribution in [0.1, 0.15) is 17.2 Å². The van der Waals surface area contributed by atoms with Crippen LogP contribution in [-0.2, 0) is 9.59 Å². The van der Waals surface area contributed by atoms with Crippen molar-refractivity contribution in [1.29, 1.82) is 0 Å². The lowest BCUT2D eigenvalue weighted by molar-refractivity contribution is -0.132. The number of aliphatic hydroxyl groups excluding tert-OH is 1. The fraction of sp³-hybridized carbons (Fsp3) is 0.0417. The molecule has 4 aromatic rings. The van der Waals surface area contributed by atoms with Crippen molar-refractivity contribution in [2.24, 2.45) is 0 Å². The van der Waals surface area contributed by atoms with Crippen LogP contribution >= 0.6 is 38.9 Å². The largest absolute Gasteiger partial charge is 0.507 e. The lowest BCUT2D eigenvalue weighted by atomic mass is 9.95. The summed E-state index contributed by atoms with van der Waals surface area (Å²) >= 11 is 10.8. The Morgan fingerprint density at radius 3 is 2.47 bits per heavy atom. The number of carbonyl (C=O) groups excluding carboxylic acids is 2. The molecule has 1 unspecified atom stereocenters. The number of amides is 1. The van der Waals surface area contributed by atoms with Gasteiger partial charge in [-0.1, -0.05) is 81.3 Å². The van der Waals surface area contributed by atoms with Gasteiger partial charge in [0.1, 0.15) is 5.76 Å². The van der Waals surface area contributed by atoms with E-state index in [0.717, 1.165) is 9.17 Å². The van der Waals surface area contributed by atoms with Crippen LogP contribution in [0.15, 0.2) is 82.8 Å². The van der Waals surface area contributed by atoms with Gasteiger partial charge in [0, 0.05) is 15.1 Å². The Balaban J connectivity index is 1.73. The van der Waals surface area contributed by atoms with Crippen molar-refractivity contribution in [3.05, 3.63) is 99.0 Å². The number of fused-ring (bicyclic) bond motifs is 1. The number of thiazole rings is 1. The number of aliphatic hydroxyl groups is 1. The highest BCUT2D eigenvalue weighted by molar-refractivity contribution is 9.10. The van der Waals surface area contributed by atoms with Crippen LogP contribution in [0.4, 0.5) is 5.13 Å². The number of nitrogens with zero attached hydrogens (tertiary/aromatic N) is 2. The first-order valence-corrected chi connectivity index (χ1v) is 11.6. The zero-order valence-electron chi connectivity index (χ0n) is 16.3. The molecular formula is C24H14BrClN2O3S. The van der Waals surface area contributed by atoms with E-state index in [4.69, 9.17) is 11.6 Å². The van der Waals surface area contributed by atoms with E-state index in [1.165, 1.54) is 16.2 Å². The van der Waals surface area contributed by atoms with Gasteiger partial charge in [-0.2, -0.15) is 0 Å². The normalized spacial score (nSPS) is 17.9. The molecule has 3 aromatic carbocycles. The second kappa shape index (κ2) is 8.16. The summed E-state index contributed by atoms with van der Waals surface area (Å²) in [6.07, 6.45) is 0. The number of halogens is 2. The Morgan fingerprint density at radius 1 is 1.03 bits per heavy atom. The van der Waals surface area contributed by atoms with Gasteiger partial charge in [0.05, 0.1) is 21.8 Å². The van der Waals surface area contributed by atoms with Crippen molar-refractivity contribution < 1.29 is 14.7 Å². The Kier molecular flexibility index (Phi) is 5.33. The molecule has 0 aliphatic carbocycles. The standard InChI is InChI=1S/C24H14BrClN2O3S/c25-15-8-11-17-18(12-15)32-24(27-17)28-20(13-6-9-16(26)10-7-13)19(22(30)23(28)31)21(29)14-4-2-1-3-5-14/h1-12,20,29H/b21-19+. The zero-order chi connectivity index (χ0) is 22.4. The second-order valence-corrected chi connectivity index (χ2v) is 9.56. The van der Waals surface area contributed by atoms with Crippen LogP contribution < -0.4 is 4.90 Å². The smallest absolute Gasteiger partial charge is 0.301 e. The highest BCUT2D eigenvalue weighted by Crippen LogP contribution is 2.44. The molecule has 1 aliphatic heterocycles. The molecule has 2 heterocycles. The first-order valence-electron chi connectivity index (χ1n) is 9.62. The molecule has 1 amide bonds. The molecule has 5 rings (SSSR count). The predicted molar refractivity (Wildman–Crippen MR) is 130 cm³/mol. The maximum absolute atomic E-state index is 13.2. The van der Waals surface area contributed by atoms with E-state index < -0.39 is 17.7 Å². The van der Waals surface area contributed by atoms with Gasteiger partial charge in [0.25, 0.3) is 5.78 Å². The monoisotopic (exact) mass is 524 g/mol. The number of hydrogen-bond acceptors (Lipinski definition) is 5. The Morgan fingerprint density at radius 2 is 1.75 bits per heavy atom. The van der Waals surface area contributed by atoms with Crippen molar-refractivity contribution in [3.8, 4) is 0 Å². The maximum Gasteiger partial charge on any atom is 0.301 e. The van der Waals surface area contributed by atoms with Gasteiger partial charge in [-0.3, -0.25) is 14.5 Å². The predicted octanol–water partition coefficient (Wildman–Crippen LogP) is 6.34. The molecule has 1 N–H and O–H groups in total. The van der Waals surface area contributed by atoms with E-state index in [0.29, 0.717) is 26.8 Å². The van der Waals surface area contributed by atoms with Gasteiger partial charge in [-0.25, -0.2) is 4.98 Å². The number of ketones is 1. The summed E-state index contributed by atoms with van der Waals surface area (Å²) < 4.78 is 1.76. The minimum Gasteiger partial charge on any atom is -0.507 e. The molecule has 1 aliphatic rings. The fourth-order valence-electron chi connectivity index (χ4n) is 3.73. The minimum atomic E-state index is -0.837. The van der Waals surface area contributed by atoms with E-state index >= 15 is 0 Å². The molecule has 32 heavy (non-hydrogen) atoms. The van der Waals surface area contributed by atoms with Crippen LogP contribution in [-0.4, -0.2) is 21.8 Å². The average molecular weight is 526 g/mol. The summed E-state index contributed by atoms with van der Waals surface area (Å²) in [5, 5.41) is 12.0. The van der Waals surface area contributed by atoms with Crippen molar-refractivity contribution in [1.82, 2.24) is 4.98 Å². The highest BCUT2D eigenvalue weighted by atomic mass is 79.9. The van der Waals surface area contributed by atoms with E-state index in [2.05, 4.69) is 20.9 Å². The van der Waals surface area contributed by atoms with Crippen LogP contribution in [0.3, 0.4) is 0 Å². The number of anilines is 1. The number of rotatable bonds is 3. The number of hydrogen-bond donors (Lipinski definition) is 1. The van der Waals surface area contributed by atoms with Crippen molar-refractivity contribution in [2.75, 3.05) is 4.90 Å². The van der Waals surface area contributed by atoms with Gasteiger partial charge in [0.15, 0.2) is 5.13 Å². The number of benzene rings is 3.